The van der Waals surface area contributed by atoms with Crippen molar-refractivity contribution in [2.45, 2.75) is 6.61 Å². The van der Waals surface area contributed by atoms with Crippen LogP contribution < -0.4 is 10.1 Å². The van der Waals surface area contributed by atoms with E-state index in [1.807, 2.05) is 12.1 Å². The minimum absolute atomic E-state index is 0.240. The van der Waals surface area contributed by atoms with Crippen molar-refractivity contribution in [2.24, 2.45) is 0 Å². The average Bonchev–Trinajstić information content (AvgIpc) is 3.09. The first-order chi connectivity index (χ1) is 16.8. The molecule has 0 radical (unpaired) electrons. The number of hydrogen-bond acceptors (Lipinski definition) is 5. The van der Waals surface area contributed by atoms with Gasteiger partial charge in [-0.25, -0.2) is 0 Å². The number of nitrogens with one attached hydrogen (secondary N) is 1. The van der Waals surface area contributed by atoms with E-state index in [9.17, 15) is 14.4 Å². The Morgan fingerprint density at radius 2 is 1.74 bits per heavy atom. The summed E-state index contributed by atoms with van der Waals surface area (Å²) in [5, 5.41) is 3.22. The van der Waals surface area contributed by atoms with Gasteiger partial charge in [-0.1, -0.05) is 47.5 Å². The average molecular weight is 592 g/mol. The van der Waals surface area contributed by atoms with Crippen molar-refractivity contribution in [3.63, 3.8) is 0 Å². The van der Waals surface area contributed by atoms with E-state index in [-0.39, 0.29) is 4.91 Å². The van der Waals surface area contributed by atoms with E-state index in [1.54, 1.807) is 60.7 Å². The summed E-state index contributed by atoms with van der Waals surface area (Å²) in [5.74, 6) is -0.365. The zero-order chi connectivity index (χ0) is 24.9. The molecule has 3 aromatic rings. The summed E-state index contributed by atoms with van der Waals surface area (Å²) in [5.41, 5.74) is 2.17. The molecule has 1 saturated heterocycles. The second kappa shape index (κ2) is 11.3. The molecule has 0 aliphatic carbocycles. The van der Waals surface area contributed by atoms with Gasteiger partial charge >= 0.3 is 0 Å². The zero-order valence-corrected chi connectivity index (χ0v) is 21.9. The topological polar surface area (TPSA) is 75.7 Å². The quantitative estimate of drug-likeness (QED) is 0.299. The van der Waals surface area contributed by atoms with Gasteiger partial charge in [-0.3, -0.25) is 19.3 Å². The number of amides is 3. The summed E-state index contributed by atoms with van der Waals surface area (Å²) in [6, 6.07) is 19.4. The van der Waals surface area contributed by atoms with E-state index >= 15 is 0 Å². The highest BCUT2D eigenvalue weighted by atomic mass is 79.9. The summed E-state index contributed by atoms with van der Waals surface area (Å²) in [6.45, 7) is -0.00288. The predicted molar refractivity (Wildman–Crippen MR) is 143 cm³/mol. The van der Waals surface area contributed by atoms with Gasteiger partial charge < -0.3 is 10.1 Å². The van der Waals surface area contributed by atoms with Gasteiger partial charge in [-0.2, -0.15) is 0 Å². The van der Waals surface area contributed by atoms with Crippen LogP contribution in [0.2, 0.25) is 10.0 Å². The Morgan fingerprint density at radius 1 is 1.03 bits per heavy atom. The van der Waals surface area contributed by atoms with Crippen LogP contribution in [0.5, 0.6) is 5.75 Å². The summed E-state index contributed by atoms with van der Waals surface area (Å²) in [6.07, 6.45) is 1.61. The molecule has 0 bridgehead atoms. The molecule has 0 saturated carbocycles. The van der Waals surface area contributed by atoms with Gasteiger partial charge in [-0.15, -0.1) is 0 Å². The number of halogens is 3. The van der Waals surface area contributed by atoms with Crippen molar-refractivity contribution in [1.82, 2.24) is 4.90 Å². The number of rotatable bonds is 7. The Bertz CT molecular complexity index is 1310. The highest BCUT2D eigenvalue weighted by Gasteiger charge is 2.36. The molecule has 3 aromatic carbocycles. The second-order valence-corrected chi connectivity index (χ2v) is 10.1. The predicted octanol–water partition coefficient (Wildman–Crippen LogP) is 7.01. The van der Waals surface area contributed by atoms with Crippen molar-refractivity contribution in [3.05, 3.63) is 97.3 Å². The first-order valence-corrected chi connectivity index (χ1v) is 12.6. The molecule has 1 fully saturated rings. The smallest absolute Gasteiger partial charge is 0.294 e. The third kappa shape index (κ3) is 6.67. The molecule has 1 aliphatic heterocycles. The molecule has 6 nitrogen and oxygen atoms in total. The van der Waals surface area contributed by atoms with E-state index in [4.69, 9.17) is 27.9 Å². The second-order valence-electron chi connectivity index (χ2n) is 7.43. The maximum absolute atomic E-state index is 12.7. The summed E-state index contributed by atoms with van der Waals surface area (Å²) in [7, 11) is 0. The normalized spacial score (nSPS) is 14.5. The Hall–Kier alpha value is -2.78. The van der Waals surface area contributed by atoms with E-state index in [0.717, 1.165) is 27.8 Å². The number of thioether (sulfide) groups is 1. The highest BCUT2D eigenvalue weighted by Crippen LogP contribution is 2.32. The van der Waals surface area contributed by atoms with E-state index < -0.39 is 23.6 Å². The molecular weight excluding hydrogens is 575 g/mol. The van der Waals surface area contributed by atoms with Crippen LogP contribution in [0.4, 0.5) is 10.5 Å². The number of anilines is 1. The van der Waals surface area contributed by atoms with Crippen LogP contribution in [0, 0.1) is 0 Å². The third-order valence-corrected chi connectivity index (χ3v) is 7.27. The Balaban J connectivity index is 1.35. The van der Waals surface area contributed by atoms with Crippen LogP contribution in [-0.2, 0) is 16.2 Å². The number of benzene rings is 3. The molecule has 3 amide bonds. The molecule has 10 heteroatoms. The first-order valence-electron chi connectivity index (χ1n) is 10.3. The standard InChI is InChI=1S/C25H17BrCl2N2O4S/c26-20-10-7-18(12-21(20)28)29-23(31)13-30-24(32)22(35-25(30)33)11-15-3-8-19(9-4-15)34-14-16-1-5-17(27)6-2-16/h1-12H,13-14H2,(H,29,31)/b22-11+. The molecule has 0 spiro atoms. The molecule has 1 heterocycles. The zero-order valence-electron chi connectivity index (χ0n) is 18.0. The Morgan fingerprint density at radius 3 is 2.43 bits per heavy atom. The van der Waals surface area contributed by atoms with Crippen molar-refractivity contribution >= 4 is 79.7 Å². The SMILES string of the molecule is O=C(CN1C(=O)S/C(=C/c2ccc(OCc3ccc(Cl)cc3)cc2)C1=O)Nc1ccc(Br)c(Cl)c1. The molecule has 1 aliphatic rings. The number of carbonyl (C=O) groups is 3. The molecule has 4 rings (SSSR count). The molecule has 0 unspecified atom stereocenters. The molecular formula is C25H17BrCl2N2O4S. The molecule has 0 atom stereocenters. The molecule has 1 N–H and O–H groups in total. The van der Waals surface area contributed by atoms with Crippen LogP contribution in [0.25, 0.3) is 6.08 Å². The number of carbonyl (C=O) groups excluding carboxylic acids is 3. The lowest BCUT2D eigenvalue weighted by Gasteiger charge is -2.12. The minimum Gasteiger partial charge on any atom is -0.489 e. The van der Waals surface area contributed by atoms with Crippen LogP contribution in [0.15, 0.2) is 76.1 Å². The van der Waals surface area contributed by atoms with Gasteiger partial charge in [0.15, 0.2) is 0 Å². The first kappa shape index (κ1) is 25.3. The maximum atomic E-state index is 12.7. The number of ether oxygens (including phenoxy) is 1. The maximum Gasteiger partial charge on any atom is 0.294 e. The van der Waals surface area contributed by atoms with E-state index in [2.05, 4.69) is 21.2 Å². The van der Waals surface area contributed by atoms with Gasteiger partial charge in [0.2, 0.25) is 5.91 Å². The van der Waals surface area contributed by atoms with Gasteiger partial charge in [0.1, 0.15) is 18.9 Å². The van der Waals surface area contributed by atoms with Crippen LogP contribution in [0.3, 0.4) is 0 Å². The third-order valence-electron chi connectivity index (χ3n) is 4.88. The lowest BCUT2D eigenvalue weighted by Crippen LogP contribution is -2.36. The van der Waals surface area contributed by atoms with Crippen LogP contribution >= 0.6 is 50.9 Å². The summed E-state index contributed by atoms with van der Waals surface area (Å²) < 4.78 is 6.45. The number of nitrogens with zero attached hydrogens (tertiary/aromatic N) is 1. The molecule has 0 aromatic heterocycles. The van der Waals surface area contributed by atoms with Crippen molar-refractivity contribution in [2.75, 3.05) is 11.9 Å². The lowest BCUT2D eigenvalue weighted by molar-refractivity contribution is -0.127. The van der Waals surface area contributed by atoms with Crippen molar-refractivity contribution in [1.29, 1.82) is 0 Å². The van der Waals surface area contributed by atoms with Crippen LogP contribution in [-0.4, -0.2) is 28.5 Å². The molecule has 178 valence electrons. The van der Waals surface area contributed by atoms with Crippen molar-refractivity contribution in [3.8, 4) is 5.75 Å². The van der Waals surface area contributed by atoms with Crippen LogP contribution in [0.1, 0.15) is 11.1 Å². The fourth-order valence-corrected chi connectivity index (χ4v) is 4.50. The van der Waals surface area contributed by atoms with E-state index in [0.29, 0.717) is 32.6 Å². The van der Waals surface area contributed by atoms with E-state index in [1.165, 1.54) is 0 Å². The fourth-order valence-electron chi connectivity index (χ4n) is 3.11. The Labute approximate surface area is 224 Å². The Kier molecular flexibility index (Phi) is 8.18. The minimum atomic E-state index is -0.521. The fraction of sp³-hybridized carbons (Fsp3) is 0.0800. The molecule has 35 heavy (non-hydrogen) atoms. The number of hydrogen-bond donors (Lipinski definition) is 1. The summed E-state index contributed by atoms with van der Waals surface area (Å²) >= 11 is 16.0. The van der Waals surface area contributed by atoms with Gasteiger partial charge in [0.05, 0.1) is 9.93 Å². The number of imide groups is 1. The lowest BCUT2D eigenvalue weighted by atomic mass is 10.2. The summed E-state index contributed by atoms with van der Waals surface area (Å²) in [4.78, 5) is 38.6. The largest absolute Gasteiger partial charge is 0.489 e. The van der Waals surface area contributed by atoms with Gasteiger partial charge in [0, 0.05) is 15.2 Å². The van der Waals surface area contributed by atoms with Gasteiger partial charge in [-0.05, 0) is 87.4 Å². The van der Waals surface area contributed by atoms with Gasteiger partial charge in [0.25, 0.3) is 11.1 Å². The van der Waals surface area contributed by atoms with Crippen molar-refractivity contribution < 1.29 is 19.1 Å². The monoisotopic (exact) mass is 590 g/mol. The highest BCUT2D eigenvalue weighted by molar-refractivity contribution is 9.10.